The van der Waals surface area contributed by atoms with Crippen LogP contribution in [0.5, 0.6) is 0 Å². The Kier molecular flexibility index (Phi) is 7.21. The lowest BCUT2D eigenvalue weighted by Gasteiger charge is -2.26. The van der Waals surface area contributed by atoms with Crippen LogP contribution >= 0.6 is 0 Å². The van der Waals surface area contributed by atoms with Crippen molar-refractivity contribution in [3.8, 4) is 11.3 Å². The number of halogens is 1. The van der Waals surface area contributed by atoms with Crippen molar-refractivity contribution in [1.29, 1.82) is 0 Å². The summed E-state index contributed by atoms with van der Waals surface area (Å²) in [5, 5.41) is 12.0. The average Bonchev–Trinajstić information content (AvgIpc) is 2.91. The topological polar surface area (TPSA) is 92.2 Å². The van der Waals surface area contributed by atoms with Crippen LogP contribution < -0.4 is 5.32 Å². The molecule has 3 aromatic carbocycles. The Labute approximate surface area is 214 Å². The zero-order chi connectivity index (χ0) is 25.8. The quantitative estimate of drug-likeness (QED) is 0.290. The Bertz CT molecular complexity index is 1460. The van der Waals surface area contributed by atoms with E-state index in [4.69, 9.17) is 15.1 Å². The van der Waals surface area contributed by atoms with Crippen molar-refractivity contribution in [3.63, 3.8) is 0 Å². The highest BCUT2D eigenvalue weighted by Crippen LogP contribution is 2.31. The fourth-order valence-corrected chi connectivity index (χ4v) is 5.00. The summed E-state index contributed by atoms with van der Waals surface area (Å²) in [6, 6.07) is 20.1. The van der Waals surface area contributed by atoms with Gasteiger partial charge in [-0.15, -0.1) is 0 Å². The Balaban J connectivity index is 1.47. The number of aliphatic carboxylic acids is 1. The lowest BCUT2D eigenvalue weighted by molar-refractivity contribution is -0.137. The number of benzene rings is 3. The highest BCUT2D eigenvalue weighted by molar-refractivity contribution is 5.98. The molecule has 0 unspecified atom stereocenters. The number of carbonyl (C=O) groups excluding carboxylic acids is 1. The van der Waals surface area contributed by atoms with Crippen LogP contribution in [0.2, 0.25) is 0 Å². The number of nitrogens with one attached hydrogen (secondary N) is 1. The SMILES string of the molecule is O=C(O)CCCCc1nc2cc(C(=O)N[C@@H]3CCCc4ccccc43)c(F)cc2nc1-c1ccccc1. The Morgan fingerprint density at radius 3 is 2.54 bits per heavy atom. The van der Waals surface area contributed by atoms with Gasteiger partial charge in [0.1, 0.15) is 5.82 Å². The van der Waals surface area contributed by atoms with E-state index in [2.05, 4.69) is 11.4 Å². The molecule has 1 aliphatic rings. The second-order valence-corrected chi connectivity index (χ2v) is 9.42. The molecule has 0 bridgehead atoms. The van der Waals surface area contributed by atoms with E-state index in [1.54, 1.807) is 0 Å². The molecule has 0 radical (unpaired) electrons. The zero-order valence-electron chi connectivity index (χ0n) is 20.4. The summed E-state index contributed by atoms with van der Waals surface area (Å²) in [6.07, 6.45) is 4.49. The van der Waals surface area contributed by atoms with Crippen molar-refractivity contribution in [2.24, 2.45) is 0 Å². The van der Waals surface area contributed by atoms with Gasteiger partial charge in [0, 0.05) is 18.1 Å². The molecule has 2 N–H and O–H groups in total. The smallest absolute Gasteiger partial charge is 0.303 e. The molecule has 1 amide bonds. The summed E-state index contributed by atoms with van der Waals surface area (Å²) in [5.41, 5.74) is 5.22. The van der Waals surface area contributed by atoms with Crippen LogP contribution in [-0.2, 0) is 17.6 Å². The molecule has 0 aliphatic heterocycles. The summed E-state index contributed by atoms with van der Waals surface area (Å²) in [6.45, 7) is 0. The standard InChI is InChI=1S/C30H28FN3O3/c31-23-18-27-26(17-22(23)30(37)34-24-15-8-12-19-9-4-5-13-21(19)24)32-25(14-6-7-16-28(35)36)29(33-27)20-10-2-1-3-11-20/h1-5,9-11,13,17-18,24H,6-8,12,14-16H2,(H,34,37)(H,35,36)/t24-/m1/s1. The molecule has 4 aromatic rings. The van der Waals surface area contributed by atoms with Crippen molar-refractivity contribution < 1.29 is 19.1 Å². The van der Waals surface area contributed by atoms with E-state index in [1.165, 1.54) is 17.7 Å². The molecule has 1 aromatic heterocycles. The van der Waals surface area contributed by atoms with Gasteiger partial charge in [0.15, 0.2) is 0 Å². The van der Waals surface area contributed by atoms with Gasteiger partial charge in [-0.25, -0.2) is 14.4 Å². The van der Waals surface area contributed by atoms with Crippen LogP contribution in [0.25, 0.3) is 22.3 Å². The van der Waals surface area contributed by atoms with Crippen molar-refractivity contribution in [1.82, 2.24) is 15.3 Å². The molecular formula is C30H28FN3O3. The van der Waals surface area contributed by atoms with Gasteiger partial charge in [0.05, 0.1) is 34.0 Å². The maximum absolute atomic E-state index is 15.2. The van der Waals surface area contributed by atoms with E-state index >= 15 is 4.39 Å². The second kappa shape index (κ2) is 10.9. The van der Waals surface area contributed by atoms with Crippen molar-refractivity contribution in [2.75, 3.05) is 0 Å². The van der Waals surface area contributed by atoms with Crippen LogP contribution in [0.1, 0.15) is 65.3 Å². The van der Waals surface area contributed by atoms with Gasteiger partial charge < -0.3 is 10.4 Å². The van der Waals surface area contributed by atoms with Crippen LogP contribution in [0.4, 0.5) is 4.39 Å². The maximum atomic E-state index is 15.2. The first-order valence-corrected chi connectivity index (χ1v) is 12.7. The predicted molar refractivity (Wildman–Crippen MR) is 140 cm³/mol. The first kappa shape index (κ1) is 24.6. The van der Waals surface area contributed by atoms with Crippen molar-refractivity contribution in [3.05, 3.63) is 94.9 Å². The Morgan fingerprint density at radius 2 is 1.73 bits per heavy atom. The zero-order valence-corrected chi connectivity index (χ0v) is 20.4. The number of hydrogen-bond donors (Lipinski definition) is 2. The summed E-state index contributed by atoms with van der Waals surface area (Å²) < 4.78 is 15.2. The molecule has 5 rings (SSSR count). The third-order valence-electron chi connectivity index (χ3n) is 6.85. The summed E-state index contributed by atoms with van der Waals surface area (Å²) in [5.74, 6) is -1.95. The van der Waals surface area contributed by atoms with Crippen LogP contribution in [0, 0.1) is 5.82 Å². The summed E-state index contributed by atoms with van der Waals surface area (Å²) in [7, 11) is 0. The molecular weight excluding hydrogens is 469 g/mol. The molecule has 1 aliphatic carbocycles. The number of nitrogens with zero attached hydrogens (tertiary/aromatic N) is 2. The molecule has 7 heteroatoms. The normalized spacial score (nSPS) is 14.8. The third kappa shape index (κ3) is 5.50. The molecule has 37 heavy (non-hydrogen) atoms. The fourth-order valence-electron chi connectivity index (χ4n) is 5.00. The number of amides is 1. The Morgan fingerprint density at radius 1 is 0.973 bits per heavy atom. The largest absolute Gasteiger partial charge is 0.481 e. The highest BCUT2D eigenvalue weighted by Gasteiger charge is 2.24. The van der Waals surface area contributed by atoms with E-state index in [0.29, 0.717) is 41.7 Å². The second-order valence-electron chi connectivity index (χ2n) is 9.42. The first-order chi connectivity index (χ1) is 18.0. The van der Waals surface area contributed by atoms with Gasteiger partial charge in [-0.05, 0) is 55.7 Å². The Hall–Kier alpha value is -4.13. The number of unbranched alkanes of at least 4 members (excludes halogenated alkanes) is 1. The number of rotatable bonds is 8. The van der Waals surface area contributed by atoms with Crippen LogP contribution in [0.3, 0.4) is 0 Å². The number of carboxylic acids is 1. The first-order valence-electron chi connectivity index (χ1n) is 12.7. The molecule has 1 heterocycles. The molecule has 1 atom stereocenters. The van der Waals surface area contributed by atoms with E-state index in [9.17, 15) is 9.59 Å². The number of aryl methyl sites for hydroxylation is 2. The van der Waals surface area contributed by atoms with Gasteiger partial charge >= 0.3 is 5.97 Å². The monoisotopic (exact) mass is 497 g/mol. The molecule has 0 spiro atoms. The molecule has 6 nitrogen and oxygen atoms in total. The maximum Gasteiger partial charge on any atom is 0.303 e. The lowest BCUT2D eigenvalue weighted by atomic mass is 9.87. The molecule has 0 fully saturated rings. The van der Waals surface area contributed by atoms with E-state index in [1.807, 2.05) is 48.5 Å². The van der Waals surface area contributed by atoms with Crippen LogP contribution in [0.15, 0.2) is 66.7 Å². The van der Waals surface area contributed by atoms with Gasteiger partial charge in [0.2, 0.25) is 0 Å². The highest BCUT2D eigenvalue weighted by atomic mass is 19.1. The molecule has 0 saturated carbocycles. The number of hydrogen-bond acceptors (Lipinski definition) is 4. The van der Waals surface area contributed by atoms with Gasteiger partial charge in [0.25, 0.3) is 5.91 Å². The van der Waals surface area contributed by atoms with Crippen molar-refractivity contribution in [2.45, 2.75) is 51.0 Å². The summed E-state index contributed by atoms with van der Waals surface area (Å²) in [4.78, 5) is 33.6. The third-order valence-corrected chi connectivity index (χ3v) is 6.85. The molecule has 0 saturated heterocycles. The van der Waals surface area contributed by atoms with E-state index in [-0.39, 0.29) is 18.0 Å². The average molecular weight is 498 g/mol. The number of fused-ring (bicyclic) bond motifs is 2. The van der Waals surface area contributed by atoms with Gasteiger partial charge in [-0.2, -0.15) is 0 Å². The fraction of sp³-hybridized carbons (Fsp3) is 0.267. The summed E-state index contributed by atoms with van der Waals surface area (Å²) >= 11 is 0. The van der Waals surface area contributed by atoms with Crippen molar-refractivity contribution >= 4 is 22.9 Å². The number of carboxylic acid groups (broad SMARTS) is 1. The van der Waals surface area contributed by atoms with Gasteiger partial charge in [-0.1, -0.05) is 54.6 Å². The number of carbonyl (C=O) groups is 2. The van der Waals surface area contributed by atoms with Gasteiger partial charge in [-0.3, -0.25) is 9.59 Å². The molecule has 188 valence electrons. The minimum atomic E-state index is -0.834. The van der Waals surface area contributed by atoms with E-state index in [0.717, 1.165) is 30.4 Å². The lowest BCUT2D eigenvalue weighted by Crippen LogP contribution is -2.31. The van der Waals surface area contributed by atoms with E-state index < -0.39 is 17.7 Å². The predicted octanol–water partition coefficient (Wildman–Crippen LogP) is 6.04. The number of aromatic nitrogens is 2. The minimum absolute atomic E-state index is 0.0610. The van der Waals surface area contributed by atoms with Crippen LogP contribution in [-0.4, -0.2) is 27.0 Å². The minimum Gasteiger partial charge on any atom is -0.481 e.